The molecule has 9 nitrogen and oxygen atoms in total. The fraction of sp³-hybridized carbons (Fsp3) is 0.0531. The van der Waals surface area contributed by atoms with Crippen LogP contribution in [0.3, 0.4) is 0 Å². The van der Waals surface area contributed by atoms with Crippen LogP contribution in [0.5, 0.6) is 17.2 Å². The van der Waals surface area contributed by atoms with Gasteiger partial charge in [-0.15, -0.1) is 0 Å². The first-order valence-electron chi connectivity index (χ1n) is 41.5. The molecule has 0 saturated carbocycles. The first-order chi connectivity index (χ1) is 60.2. The Hall–Kier alpha value is -15.7. The van der Waals surface area contributed by atoms with Gasteiger partial charge >= 0.3 is 0 Å². The maximum atomic E-state index is 6.20. The monoisotopic (exact) mass is 1570 g/mol. The molecule has 0 N–H and O–H groups in total. The van der Waals surface area contributed by atoms with Crippen LogP contribution in [0, 0.1) is 20.8 Å². The van der Waals surface area contributed by atoms with E-state index < -0.39 is 0 Å². The average molecular weight is 1570 g/mol. The zero-order valence-electron chi connectivity index (χ0n) is 68.5. The van der Waals surface area contributed by atoms with Gasteiger partial charge in [0.1, 0.15) is 11.5 Å². The lowest BCUT2D eigenvalue weighted by molar-refractivity contribution is 0.415. The van der Waals surface area contributed by atoms with E-state index in [4.69, 9.17) is 14.2 Å². The number of hydrogen-bond acceptors (Lipinski definition) is 4. The van der Waals surface area contributed by atoms with E-state index in [1.807, 2.05) is 18.3 Å². The Labute approximate surface area is 707 Å². The summed E-state index contributed by atoms with van der Waals surface area (Å²) in [5.41, 5.74) is 33.1. The molecule has 0 saturated heterocycles. The summed E-state index contributed by atoms with van der Waals surface area (Å²) >= 11 is 0. The molecule has 0 atom stereocenters. The summed E-state index contributed by atoms with van der Waals surface area (Å²) in [6.07, 6.45) is 1.86. The quantitative estimate of drug-likeness (QED) is 0.115. The molecule has 0 aliphatic heterocycles. The molecule has 17 aromatic carbocycles. The number of rotatable bonds is 13. The van der Waals surface area contributed by atoms with Gasteiger partial charge in [-0.2, -0.15) is 0 Å². The van der Waals surface area contributed by atoms with Crippen molar-refractivity contribution >= 4 is 109 Å². The molecular formula is C113H84N6O3. The number of aromatic nitrogens is 6. The van der Waals surface area contributed by atoms with Crippen LogP contribution in [0.4, 0.5) is 0 Å². The van der Waals surface area contributed by atoms with Crippen LogP contribution in [-0.2, 0) is 0 Å². The third-order valence-corrected chi connectivity index (χ3v) is 24.1. The number of nitrogens with zero attached hydrogens (tertiary/aromatic N) is 6. The average Bonchev–Trinajstić information content (AvgIpc) is 1.58. The molecule has 0 fully saturated rings. The van der Waals surface area contributed by atoms with Gasteiger partial charge in [0.25, 0.3) is 0 Å². The van der Waals surface area contributed by atoms with Crippen LogP contribution in [0.2, 0.25) is 0 Å². The van der Waals surface area contributed by atoms with Crippen LogP contribution in [-0.4, -0.2) is 49.1 Å². The van der Waals surface area contributed by atoms with Gasteiger partial charge in [0.2, 0.25) is 0 Å². The molecule has 0 aliphatic carbocycles. The van der Waals surface area contributed by atoms with Crippen molar-refractivity contribution in [2.45, 2.75) is 20.8 Å². The molecular weight excluding hydrogens is 1490 g/mol. The molecule has 122 heavy (non-hydrogen) atoms. The maximum absolute atomic E-state index is 6.20. The van der Waals surface area contributed by atoms with Gasteiger partial charge in [-0.3, -0.25) is 4.98 Å². The molecule has 0 amide bonds. The minimum Gasteiger partial charge on any atom is -0.495 e. The minimum atomic E-state index is 0.867. The van der Waals surface area contributed by atoms with Crippen molar-refractivity contribution < 1.29 is 14.2 Å². The number of pyridine rings is 1. The normalized spacial score (nSPS) is 11.5. The third kappa shape index (κ3) is 12.7. The van der Waals surface area contributed by atoms with E-state index in [2.05, 4.69) is 431 Å². The summed E-state index contributed by atoms with van der Waals surface area (Å²) in [7, 11) is 5.30. The van der Waals surface area contributed by atoms with Gasteiger partial charge in [-0.25, -0.2) is 0 Å². The minimum absolute atomic E-state index is 0.867. The van der Waals surface area contributed by atoms with Crippen LogP contribution < -0.4 is 14.2 Å². The first-order valence-corrected chi connectivity index (χ1v) is 41.5. The number of fused-ring (bicyclic) bond motifs is 15. The van der Waals surface area contributed by atoms with E-state index in [1.54, 1.807) is 21.3 Å². The highest BCUT2D eigenvalue weighted by Gasteiger charge is 2.24. The van der Waals surface area contributed by atoms with Crippen molar-refractivity contribution in [2.75, 3.05) is 21.3 Å². The van der Waals surface area contributed by atoms with Crippen molar-refractivity contribution in [3.05, 3.63) is 417 Å². The molecule has 9 heteroatoms. The van der Waals surface area contributed by atoms with E-state index in [0.717, 1.165) is 123 Å². The number of ether oxygens (including phenoxy) is 3. The third-order valence-electron chi connectivity index (χ3n) is 24.1. The smallest absolute Gasteiger partial charge is 0.150 e. The zero-order valence-corrected chi connectivity index (χ0v) is 68.5. The molecule has 6 aromatic heterocycles. The Balaban J connectivity index is 0.000000114. The van der Waals surface area contributed by atoms with Crippen LogP contribution in [0.1, 0.15) is 16.7 Å². The van der Waals surface area contributed by atoms with Crippen LogP contribution >= 0.6 is 0 Å². The Morgan fingerprint density at radius 3 is 0.713 bits per heavy atom. The lowest BCUT2D eigenvalue weighted by atomic mass is 9.94. The van der Waals surface area contributed by atoms with Crippen molar-refractivity contribution in [2.24, 2.45) is 0 Å². The molecule has 584 valence electrons. The second kappa shape index (κ2) is 31.0. The number of aryl methyl sites for hydroxylation is 3. The van der Waals surface area contributed by atoms with Crippen molar-refractivity contribution in [1.82, 2.24) is 27.8 Å². The highest BCUT2D eigenvalue weighted by Crippen LogP contribution is 2.47. The number of para-hydroxylation sites is 9. The van der Waals surface area contributed by atoms with Crippen molar-refractivity contribution in [1.29, 1.82) is 0 Å². The number of benzene rings is 17. The van der Waals surface area contributed by atoms with Gasteiger partial charge < -0.3 is 37.0 Å². The molecule has 0 radical (unpaired) electrons. The Morgan fingerprint density at radius 1 is 0.197 bits per heavy atom. The molecule has 0 unspecified atom stereocenters. The van der Waals surface area contributed by atoms with Crippen molar-refractivity contribution in [3.8, 4) is 101 Å². The largest absolute Gasteiger partial charge is 0.495 e. The topological polar surface area (TPSA) is 65.2 Å². The van der Waals surface area contributed by atoms with Crippen molar-refractivity contribution in [3.63, 3.8) is 0 Å². The van der Waals surface area contributed by atoms with Gasteiger partial charge in [-0.1, -0.05) is 243 Å². The van der Waals surface area contributed by atoms with Gasteiger partial charge in [0.05, 0.1) is 87.7 Å². The van der Waals surface area contributed by atoms with E-state index in [-0.39, 0.29) is 0 Å². The predicted octanol–water partition coefficient (Wildman–Crippen LogP) is 29.2. The molecule has 23 aromatic rings. The standard InChI is InChI=1S/C44H32N2O.C38H28N2O.C31H24N2O/c1-29-27-38(30-19-23-32(24-20-30)45-40-15-7-3-11-34(40)35-12-4-8-16-41(35)45)44(47-2)39(28-29)31-21-25-33(26-22-31)46-42-17-9-5-13-36(42)37-14-6-10-18-43(37)46;1-25-23-32(38(41-2)37(24-25)40-35-17-9-5-13-30(35)31-14-6-10-18-36(31)40)26-19-21-27(22-20-26)39-33-15-7-3-11-28(33)29-12-4-8-16-34(29)39;1-21-19-26(22-9-4-3-5-10-22)31(34-2)27(20-21)23-14-16-24(17-15-23)33-28-12-7-6-11-25(28)30-29(33)13-8-18-32-30/h3-28H,1-2H3;3-24H,1-2H3;3-20H,1-2H3. The molecule has 23 rings (SSSR count). The fourth-order valence-electron chi connectivity index (χ4n) is 18.8. The number of hydrogen-bond donors (Lipinski definition) is 0. The van der Waals surface area contributed by atoms with Gasteiger partial charge in [0, 0.05) is 105 Å². The van der Waals surface area contributed by atoms with E-state index >= 15 is 0 Å². The summed E-state index contributed by atoms with van der Waals surface area (Å²) in [6, 6.07) is 141. The fourth-order valence-corrected chi connectivity index (χ4v) is 18.8. The lowest BCUT2D eigenvalue weighted by Gasteiger charge is -2.18. The summed E-state index contributed by atoms with van der Waals surface area (Å²) in [4.78, 5) is 4.65. The second-order valence-electron chi connectivity index (χ2n) is 31.4. The second-order valence-corrected chi connectivity index (χ2v) is 31.4. The van der Waals surface area contributed by atoms with Crippen LogP contribution in [0.15, 0.2) is 401 Å². The highest BCUT2D eigenvalue weighted by atomic mass is 16.5. The number of methoxy groups -OCH3 is 3. The highest BCUT2D eigenvalue weighted by molar-refractivity contribution is 6.13. The summed E-state index contributed by atoms with van der Waals surface area (Å²) in [5.74, 6) is 2.64. The van der Waals surface area contributed by atoms with E-state index in [9.17, 15) is 0 Å². The van der Waals surface area contributed by atoms with Gasteiger partial charge in [0.15, 0.2) is 5.75 Å². The Kier molecular flexibility index (Phi) is 18.8. The molecule has 0 bridgehead atoms. The summed E-state index contributed by atoms with van der Waals surface area (Å²) in [6.45, 7) is 6.45. The van der Waals surface area contributed by atoms with E-state index in [0.29, 0.717) is 0 Å². The first kappa shape index (κ1) is 73.9. The SMILES string of the molecule is COc1c(-c2ccc(-n3c4ccccc4c4ccccc43)cc2)cc(C)cc1-c1ccc(-n2c3ccccc3c3ccccc32)cc1.COc1c(-c2ccc(-n3c4ccccc4c4ccccc43)cc2)cc(C)cc1-n1c2ccccc2c2ccccc21.COc1c(-c2ccccc2)cc(C)cc1-c1ccc(-n2c3ccccc3c3ncccc32)cc1. The summed E-state index contributed by atoms with van der Waals surface area (Å²) in [5, 5.41) is 11.2. The maximum Gasteiger partial charge on any atom is 0.150 e. The summed E-state index contributed by atoms with van der Waals surface area (Å²) < 4.78 is 30.0. The Bertz CT molecular complexity index is 7520. The van der Waals surface area contributed by atoms with E-state index in [1.165, 1.54) is 104 Å². The molecule has 0 aliphatic rings. The predicted molar refractivity (Wildman–Crippen MR) is 510 cm³/mol. The Morgan fingerprint density at radius 2 is 0.418 bits per heavy atom. The lowest BCUT2D eigenvalue weighted by Crippen LogP contribution is -2.01. The van der Waals surface area contributed by atoms with Gasteiger partial charge in [-0.05, 0) is 217 Å². The zero-order chi connectivity index (χ0) is 82.1. The molecule has 6 heterocycles. The molecule has 0 spiro atoms. The van der Waals surface area contributed by atoms with Crippen LogP contribution in [0.25, 0.3) is 193 Å².